The second-order valence-corrected chi connectivity index (χ2v) is 4.32. The van der Waals surface area contributed by atoms with E-state index in [1.807, 2.05) is 0 Å². The van der Waals surface area contributed by atoms with Crippen molar-refractivity contribution in [3.05, 3.63) is 35.4 Å². The Kier molecular flexibility index (Phi) is 4.35. The Balaban J connectivity index is 2.52. The molecule has 0 bridgehead atoms. The summed E-state index contributed by atoms with van der Waals surface area (Å²) in [5.41, 5.74) is 2.51. The molecule has 0 aliphatic carbocycles. The zero-order chi connectivity index (χ0) is 11.3. The Morgan fingerprint density at radius 2 is 1.73 bits per heavy atom. The molecule has 1 aromatic carbocycles. The van der Waals surface area contributed by atoms with E-state index in [0.29, 0.717) is 12.5 Å². The monoisotopic (exact) mass is 205 g/mol. The van der Waals surface area contributed by atoms with E-state index in [-0.39, 0.29) is 5.91 Å². The van der Waals surface area contributed by atoms with Gasteiger partial charge in [-0.1, -0.05) is 38.1 Å². The molecular weight excluding hydrogens is 186 g/mol. The summed E-state index contributed by atoms with van der Waals surface area (Å²) in [5.74, 6) is 0.701. The van der Waals surface area contributed by atoms with Crippen LogP contribution in [-0.2, 0) is 17.8 Å². The SMILES string of the molecule is CC(=O)NCc1ccc(CC(C)C)cc1. The van der Waals surface area contributed by atoms with Gasteiger partial charge in [0.25, 0.3) is 0 Å². The Hall–Kier alpha value is -1.31. The van der Waals surface area contributed by atoms with Crippen LogP contribution in [0.25, 0.3) is 0 Å². The van der Waals surface area contributed by atoms with Crippen molar-refractivity contribution in [1.82, 2.24) is 5.32 Å². The maximum atomic E-state index is 10.7. The fraction of sp³-hybridized carbons (Fsp3) is 0.462. The lowest BCUT2D eigenvalue weighted by molar-refractivity contribution is -0.119. The van der Waals surface area contributed by atoms with E-state index in [9.17, 15) is 4.79 Å². The molecule has 0 radical (unpaired) electrons. The van der Waals surface area contributed by atoms with Crippen LogP contribution in [0.5, 0.6) is 0 Å². The van der Waals surface area contributed by atoms with Gasteiger partial charge in [-0.15, -0.1) is 0 Å². The van der Waals surface area contributed by atoms with Crippen LogP contribution in [-0.4, -0.2) is 5.91 Å². The third-order valence-electron chi connectivity index (χ3n) is 2.21. The van der Waals surface area contributed by atoms with Crippen LogP contribution < -0.4 is 5.32 Å². The van der Waals surface area contributed by atoms with E-state index in [4.69, 9.17) is 0 Å². The molecule has 0 unspecified atom stereocenters. The predicted molar refractivity (Wildman–Crippen MR) is 62.5 cm³/mol. The van der Waals surface area contributed by atoms with Crippen LogP contribution in [0.4, 0.5) is 0 Å². The first kappa shape index (κ1) is 11.8. The average Bonchev–Trinajstić information content (AvgIpc) is 2.16. The molecule has 82 valence electrons. The van der Waals surface area contributed by atoms with Crippen molar-refractivity contribution in [3.63, 3.8) is 0 Å². The summed E-state index contributed by atoms with van der Waals surface area (Å²) >= 11 is 0. The maximum Gasteiger partial charge on any atom is 0.217 e. The number of rotatable bonds is 4. The highest BCUT2D eigenvalue weighted by molar-refractivity contribution is 5.72. The van der Waals surface area contributed by atoms with Crippen LogP contribution in [0.3, 0.4) is 0 Å². The Labute approximate surface area is 91.7 Å². The zero-order valence-corrected chi connectivity index (χ0v) is 9.71. The largest absolute Gasteiger partial charge is 0.352 e. The maximum absolute atomic E-state index is 10.7. The van der Waals surface area contributed by atoms with Gasteiger partial charge in [0.2, 0.25) is 5.91 Å². The fourth-order valence-corrected chi connectivity index (χ4v) is 1.49. The number of hydrogen-bond donors (Lipinski definition) is 1. The number of nitrogens with one attached hydrogen (secondary N) is 1. The third-order valence-corrected chi connectivity index (χ3v) is 2.21. The topological polar surface area (TPSA) is 29.1 Å². The highest BCUT2D eigenvalue weighted by Crippen LogP contribution is 2.09. The molecule has 1 aromatic rings. The lowest BCUT2D eigenvalue weighted by Gasteiger charge is -2.06. The van der Waals surface area contributed by atoms with Gasteiger partial charge in [-0.05, 0) is 23.5 Å². The minimum atomic E-state index is 0.0151. The number of benzene rings is 1. The molecule has 0 aromatic heterocycles. The summed E-state index contributed by atoms with van der Waals surface area (Å²) < 4.78 is 0. The quantitative estimate of drug-likeness (QED) is 0.804. The zero-order valence-electron chi connectivity index (χ0n) is 9.71. The molecule has 15 heavy (non-hydrogen) atoms. The smallest absolute Gasteiger partial charge is 0.217 e. The van der Waals surface area contributed by atoms with Crippen LogP contribution in [0.2, 0.25) is 0 Å². The Morgan fingerprint density at radius 3 is 2.20 bits per heavy atom. The van der Waals surface area contributed by atoms with Crippen molar-refractivity contribution in [2.45, 2.75) is 33.7 Å². The molecule has 0 heterocycles. The van der Waals surface area contributed by atoms with Gasteiger partial charge in [-0.2, -0.15) is 0 Å². The van der Waals surface area contributed by atoms with Gasteiger partial charge < -0.3 is 5.32 Å². The van der Waals surface area contributed by atoms with E-state index in [2.05, 4.69) is 43.4 Å². The van der Waals surface area contributed by atoms with E-state index >= 15 is 0 Å². The molecule has 2 nitrogen and oxygen atoms in total. The standard InChI is InChI=1S/C13H19NO/c1-10(2)8-12-4-6-13(7-5-12)9-14-11(3)15/h4-7,10H,8-9H2,1-3H3,(H,14,15). The van der Waals surface area contributed by atoms with Gasteiger partial charge >= 0.3 is 0 Å². The van der Waals surface area contributed by atoms with Gasteiger partial charge in [-0.3, -0.25) is 4.79 Å². The average molecular weight is 205 g/mol. The summed E-state index contributed by atoms with van der Waals surface area (Å²) in [7, 11) is 0. The molecule has 1 rings (SSSR count). The van der Waals surface area contributed by atoms with Gasteiger partial charge in [0.15, 0.2) is 0 Å². The van der Waals surface area contributed by atoms with Crippen LogP contribution >= 0.6 is 0 Å². The van der Waals surface area contributed by atoms with Crippen LogP contribution in [0.15, 0.2) is 24.3 Å². The summed E-state index contributed by atoms with van der Waals surface area (Å²) in [6, 6.07) is 8.43. The van der Waals surface area contributed by atoms with Crippen molar-refractivity contribution >= 4 is 5.91 Å². The predicted octanol–water partition coefficient (Wildman–Crippen LogP) is 2.52. The second kappa shape index (κ2) is 5.54. The molecule has 0 aliphatic heterocycles. The van der Waals surface area contributed by atoms with Crippen molar-refractivity contribution in [2.75, 3.05) is 0 Å². The first-order valence-corrected chi connectivity index (χ1v) is 5.40. The number of amides is 1. The summed E-state index contributed by atoms with van der Waals surface area (Å²) in [4.78, 5) is 10.7. The molecule has 0 fully saturated rings. The van der Waals surface area contributed by atoms with Crippen molar-refractivity contribution < 1.29 is 4.79 Å². The molecule has 0 aliphatic rings. The first-order chi connectivity index (χ1) is 7.08. The Bertz CT molecular complexity index is 314. The van der Waals surface area contributed by atoms with Crippen molar-refractivity contribution in [3.8, 4) is 0 Å². The fourth-order valence-electron chi connectivity index (χ4n) is 1.49. The molecule has 1 amide bonds. The van der Waals surface area contributed by atoms with Gasteiger partial charge in [0, 0.05) is 13.5 Å². The van der Waals surface area contributed by atoms with Crippen molar-refractivity contribution in [2.24, 2.45) is 5.92 Å². The molecule has 1 N–H and O–H groups in total. The summed E-state index contributed by atoms with van der Waals surface area (Å²) in [6.45, 7) is 6.58. The molecule has 0 saturated carbocycles. The van der Waals surface area contributed by atoms with Crippen LogP contribution in [0, 0.1) is 5.92 Å². The van der Waals surface area contributed by atoms with E-state index in [1.54, 1.807) is 0 Å². The lowest BCUT2D eigenvalue weighted by atomic mass is 10.0. The van der Waals surface area contributed by atoms with E-state index < -0.39 is 0 Å². The molecular formula is C13H19NO. The highest BCUT2D eigenvalue weighted by Gasteiger charge is 1.98. The lowest BCUT2D eigenvalue weighted by Crippen LogP contribution is -2.18. The first-order valence-electron chi connectivity index (χ1n) is 5.40. The molecule has 0 atom stereocenters. The number of hydrogen-bond acceptors (Lipinski definition) is 1. The summed E-state index contributed by atoms with van der Waals surface area (Å²) in [6.07, 6.45) is 1.11. The third kappa shape index (κ3) is 4.63. The van der Waals surface area contributed by atoms with Gasteiger partial charge in [0.05, 0.1) is 0 Å². The minimum Gasteiger partial charge on any atom is -0.352 e. The number of carbonyl (C=O) groups is 1. The molecule has 0 saturated heterocycles. The van der Waals surface area contributed by atoms with Crippen molar-refractivity contribution in [1.29, 1.82) is 0 Å². The molecule has 2 heteroatoms. The normalized spacial score (nSPS) is 10.4. The van der Waals surface area contributed by atoms with E-state index in [0.717, 1.165) is 12.0 Å². The van der Waals surface area contributed by atoms with E-state index in [1.165, 1.54) is 12.5 Å². The Morgan fingerprint density at radius 1 is 1.20 bits per heavy atom. The molecule has 0 spiro atoms. The summed E-state index contributed by atoms with van der Waals surface area (Å²) in [5, 5.41) is 2.78. The minimum absolute atomic E-state index is 0.0151. The van der Waals surface area contributed by atoms with Gasteiger partial charge in [-0.25, -0.2) is 0 Å². The highest BCUT2D eigenvalue weighted by atomic mass is 16.1. The van der Waals surface area contributed by atoms with Gasteiger partial charge in [0.1, 0.15) is 0 Å². The number of carbonyl (C=O) groups excluding carboxylic acids is 1. The van der Waals surface area contributed by atoms with Crippen LogP contribution in [0.1, 0.15) is 31.9 Å². The second-order valence-electron chi connectivity index (χ2n) is 4.32.